The molecule has 0 aliphatic heterocycles. The van der Waals surface area contributed by atoms with Gasteiger partial charge in [0.25, 0.3) is 5.56 Å². The molecule has 3 aromatic rings. The number of rotatable bonds is 8. The van der Waals surface area contributed by atoms with E-state index in [2.05, 4.69) is 33.8 Å². The van der Waals surface area contributed by atoms with E-state index in [-0.39, 0.29) is 5.56 Å². The van der Waals surface area contributed by atoms with Crippen molar-refractivity contribution in [3.8, 4) is 5.75 Å². The number of para-hydroxylation sites is 1. The number of aromatic nitrogens is 1. The maximum atomic E-state index is 11.8. The van der Waals surface area contributed by atoms with Crippen molar-refractivity contribution in [2.45, 2.75) is 19.5 Å². The van der Waals surface area contributed by atoms with Crippen LogP contribution in [0.5, 0.6) is 5.75 Å². The van der Waals surface area contributed by atoms with Gasteiger partial charge in [0.05, 0.1) is 13.7 Å². The summed E-state index contributed by atoms with van der Waals surface area (Å²) in [5.41, 5.74) is 3.40. The monoisotopic (exact) mass is 404 g/mol. The van der Waals surface area contributed by atoms with E-state index >= 15 is 0 Å². The molecule has 1 heterocycles. The Balaban J connectivity index is 1.47. The van der Waals surface area contributed by atoms with Crippen LogP contribution in [-0.2, 0) is 19.5 Å². The number of pyridine rings is 1. The Morgan fingerprint density at radius 2 is 1.70 bits per heavy atom. The summed E-state index contributed by atoms with van der Waals surface area (Å²) < 4.78 is 7.09. The lowest BCUT2D eigenvalue weighted by Gasteiger charge is -2.13. The molecule has 0 saturated carbocycles. The van der Waals surface area contributed by atoms with Crippen molar-refractivity contribution >= 4 is 5.96 Å². The molecule has 0 radical (unpaired) electrons. The van der Waals surface area contributed by atoms with Crippen molar-refractivity contribution in [2.24, 2.45) is 4.99 Å². The predicted octanol–water partition coefficient (Wildman–Crippen LogP) is 2.81. The van der Waals surface area contributed by atoms with Crippen molar-refractivity contribution in [3.63, 3.8) is 0 Å². The number of nitrogens with one attached hydrogen (secondary N) is 2. The summed E-state index contributed by atoms with van der Waals surface area (Å²) in [6.07, 6.45) is 2.65. The summed E-state index contributed by atoms with van der Waals surface area (Å²) >= 11 is 0. The van der Waals surface area contributed by atoms with E-state index in [9.17, 15) is 4.79 Å². The first-order chi connectivity index (χ1) is 14.7. The van der Waals surface area contributed by atoms with Crippen LogP contribution in [0.25, 0.3) is 0 Å². The van der Waals surface area contributed by atoms with E-state index in [1.54, 1.807) is 37.1 Å². The van der Waals surface area contributed by atoms with Gasteiger partial charge in [0, 0.05) is 32.4 Å². The summed E-state index contributed by atoms with van der Waals surface area (Å²) in [4.78, 5) is 16.1. The summed E-state index contributed by atoms with van der Waals surface area (Å²) in [6.45, 7) is 1.99. The predicted molar refractivity (Wildman–Crippen MR) is 121 cm³/mol. The van der Waals surface area contributed by atoms with Crippen molar-refractivity contribution < 1.29 is 4.74 Å². The lowest BCUT2D eigenvalue weighted by Crippen LogP contribution is -2.37. The highest BCUT2D eigenvalue weighted by atomic mass is 16.5. The molecule has 3 rings (SSSR count). The van der Waals surface area contributed by atoms with Crippen LogP contribution < -0.4 is 20.9 Å². The average molecular weight is 405 g/mol. The van der Waals surface area contributed by atoms with Gasteiger partial charge in [-0.25, -0.2) is 0 Å². The Kier molecular flexibility index (Phi) is 7.66. The largest absolute Gasteiger partial charge is 0.496 e. The van der Waals surface area contributed by atoms with Gasteiger partial charge in [-0.05, 0) is 35.2 Å². The third kappa shape index (κ3) is 5.98. The minimum Gasteiger partial charge on any atom is -0.496 e. The fraction of sp³-hybridized carbons (Fsp3) is 0.250. The van der Waals surface area contributed by atoms with Gasteiger partial charge in [-0.3, -0.25) is 9.79 Å². The molecule has 6 heteroatoms. The highest BCUT2D eigenvalue weighted by Crippen LogP contribution is 2.17. The van der Waals surface area contributed by atoms with Gasteiger partial charge >= 0.3 is 0 Å². The molecule has 0 spiro atoms. The van der Waals surface area contributed by atoms with Gasteiger partial charge in [-0.1, -0.05) is 48.5 Å². The smallest absolute Gasteiger partial charge is 0.250 e. The number of guanidine groups is 1. The van der Waals surface area contributed by atoms with Gasteiger partial charge in [0.2, 0.25) is 0 Å². The number of aliphatic imine (C=N–C) groups is 1. The number of methoxy groups -OCH3 is 1. The maximum absolute atomic E-state index is 11.8. The normalized spacial score (nSPS) is 11.2. The van der Waals surface area contributed by atoms with Crippen LogP contribution in [0.3, 0.4) is 0 Å². The molecule has 0 unspecified atom stereocenters. The molecule has 0 saturated heterocycles. The Hall–Kier alpha value is -3.54. The molecule has 1 aromatic heterocycles. The summed E-state index contributed by atoms with van der Waals surface area (Å²) in [6, 6.07) is 21.5. The van der Waals surface area contributed by atoms with Gasteiger partial charge in [0.1, 0.15) is 5.75 Å². The molecule has 2 N–H and O–H groups in total. The van der Waals surface area contributed by atoms with Crippen molar-refractivity contribution in [1.29, 1.82) is 0 Å². The van der Waals surface area contributed by atoms with Crippen LogP contribution in [0.1, 0.15) is 16.7 Å². The van der Waals surface area contributed by atoms with E-state index < -0.39 is 0 Å². The van der Waals surface area contributed by atoms with Crippen LogP contribution in [0, 0.1) is 0 Å². The molecule has 2 aromatic carbocycles. The quantitative estimate of drug-likeness (QED) is 0.448. The van der Waals surface area contributed by atoms with Crippen molar-refractivity contribution in [2.75, 3.05) is 20.7 Å². The molecule has 0 bridgehead atoms. The third-order valence-corrected chi connectivity index (χ3v) is 4.84. The Morgan fingerprint density at radius 1 is 0.967 bits per heavy atom. The van der Waals surface area contributed by atoms with Crippen molar-refractivity contribution in [1.82, 2.24) is 15.2 Å². The third-order valence-electron chi connectivity index (χ3n) is 4.84. The molecule has 0 amide bonds. The first kappa shape index (κ1) is 21.2. The van der Waals surface area contributed by atoms with Gasteiger partial charge < -0.3 is 19.9 Å². The van der Waals surface area contributed by atoms with Gasteiger partial charge in [-0.2, -0.15) is 0 Å². The molecule has 0 atom stereocenters. The van der Waals surface area contributed by atoms with Gasteiger partial charge in [-0.15, -0.1) is 0 Å². The number of nitrogens with zero attached hydrogens (tertiary/aromatic N) is 2. The molecule has 6 nitrogen and oxygen atoms in total. The second-order valence-electron chi connectivity index (χ2n) is 6.90. The summed E-state index contributed by atoms with van der Waals surface area (Å²) in [5.74, 6) is 1.66. The molecule has 0 aliphatic carbocycles. The number of hydrogen-bond donors (Lipinski definition) is 2. The summed E-state index contributed by atoms with van der Waals surface area (Å²) in [5, 5.41) is 6.67. The molecule has 0 fully saturated rings. The Bertz CT molecular complexity index is 1030. The van der Waals surface area contributed by atoms with E-state index in [1.165, 1.54) is 0 Å². The lowest BCUT2D eigenvalue weighted by atomic mass is 10.1. The first-order valence-corrected chi connectivity index (χ1v) is 9.99. The molecular weight excluding hydrogens is 376 g/mol. The van der Waals surface area contributed by atoms with E-state index in [0.29, 0.717) is 13.1 Å². The van der Waals surface area contributed by atoms with Crippen LogP contribution in [0.15, 0.2) is 82.7 Å². The van der Waals surface area contributed by atoms with Crippen molar-refractivity contribution in [3.05, 3.63) is 100.0 Å². The first-order valence-electron chi connectivity index (χ1n) is 9.99. The molecule has 30 heavy (non-hydrogen) atoms. The van der Waals surface area contributed by atoms with Crippen LogP contribution >= 0.6 is 0 Å². The fourth-order valence-corrected chi connectivity index (χ4v) is 3.18. The zero-order valence-electron chi connectivity index (χ0n) is 17.5. The molecular formula is C24H28N4O2. The molecule has 0 aliphatic rings. The highest BCUT2D eigenvalue weighted by Gasteiger charge is 2.03. The maximum Gasteiger partial charge on any atom is 0.250 e. The van der Waals surface area contributed by atoms with Gasteiger partial charge in [0.15, 0.2) is 5.96 Å². The Labute approximate surface area is 177 Å². The van der Waals surface area contributed by atoms with E-state index in [4.69, 9.17) is 4.74 Å². The standard InChI is InChI=1S/C24H28N4O2/c1-25-24(26-15-14-21-7-3-4-8-22(21)30-2)27-17-19-10-12-20(13-11-19)18-28-16-6-5-9-23(28)29/h3-13,16H,14-15,17-18H2,1-2H3,(H2,25,26,27). The van der Waals surface area contributed by atoms with Crippen LogP contribution in [0.2, 0.25) is 0 Å². The van der Waals surface area contributed by atoms with Crippen LogP contribution in [0.4, 0.5) is 0 Å². The number of hydrogen-bond acceptors (Lipinski definition) is 3. The van der Waals surface area contributed by atoms with Crippen LogP contribution in [-0.4, -0.2) is 31.2 Å². The second kappa shape index (κ2) is 10.9. The molecule has 156 valence electrons. The topological polar surface area (TPSA) is 67.7 Å². The summed E-state index contributed by atoms with van der Waals surface area (Å²) in [7, 11) is 3.45. The minimum atomic E-state index is 0.00578. The fourth-order valence-electron chi connectivity index (χ4n) is 3.18. The number of benzene rings is 2. The minimum absolute atomic E-state index is 0.00578. The zero-order chi connectivity index (χ0) is 21.2. The lowest BCUT2D eigenvalue weighted by molar-refractivity contribution is 0.409. The average Bonchev–Trinajstić information content (AvgIpc) is 2.79. The SMILES string of the molecule is CN=C(NCCc1ccccc1OC)NCc1ccc(Cn2ccccc2=O)cc1. The second-order valence-corrected chi connectivity index (χ2v) is 6.90. The zero-order valence-corrected chi connectivity index (χ0v) is 17.5. The van der Waals surface area contributed by atoms with E-state index in [0.717, 1.165) is 41.4 Å². The van der Waals surface area contributed by atoms with E-state index in [1.807, 2.05) is 36.4 Å². The Morgan fingerprint density at radius 3 is 2.43 bits per heavy atom. The number of ether oxygens (including phenoxy) is 1. The highest BCUT2D eigenvalue weighted by molar-refractivity contribution is 5.79.